The number of nitrogens with one attached hydrogen (secondary N) is 4. The molecular weight excluding hydrogens is 408 g/mol. The van der Waals surface area contributed by atoms with Gasteiger partial charge in [0, 0.05) is 11.8 Å². The highest BCUT2D eigenvalue weighted by Gasteiger charge is 2.60. The van der Waals surface area contributed by atoms with Crippen LogP contribution in [0.15, 0.2) is 48.5 Å². The molecule has 0 aromatic heterocycles. The molecule has 4 N–H and O–H groups in total. The van der Waals surface area contributed by atoms with Gasteiger partial charge in [0.05, 0.1) is 26.3 Å². The number of hydrogen-bond donors (Lipinski definition) is 4. The summed E-state index contributed by atoms with van der Waals surface area (Å²) in [5.41, 5.74) is 1.16. The van der Waals surface area contributed by atoms with Crippen LogP contribution in [0.2, 0.25) is 0 Å². The Morgan fingerprint density at radius 3 is 1.50 bits per heavy atom. The van der Waals surface area contributed by atoms with Gasteiger partial charge in [0.15, 0.2) is 0 Å². The van der Waals surface area contributed by atoms with Crippen LogP contribution in [0.5, 0.6) is 11.5 Å². The molecule has 3 fully saturated rings. The molecule has 4 unspecified atom stereocenters. The van der Waals surface area contributed by atoms with Crippen molar-refractivity contribution in [1.82, 2.24) is 21.3 Å². The minimum Gasteiger partial charge on any atom is -0.497 e. The number of methoxy groups -OCH3 is 2. The predicted molar refractivity (Wildman–Crippen MR) is 118 cm³/mol. The summed E-state index contributed by atoms with van der Waals surface area (Å²) < 4.78 is 10.6. The maximum absolute atomic E-state index is 12.9. The van der Waals surface area contributed by atoms with Crippen molar-refractivity contribution in [2.45, 2.75) is 37.0 Å². The molecule has 168 valence electrons. The molecule has 1 aliphatic carbocycles. The minimum absolute atomic E-state index is 0.000793. The second kappa shape index (κ2) is 7.93. The highest BCUT2D eigenvalue weighted by Crippen LogP contribution is 2.50. The van der Waals surface area contributed by atoms with Crippen LogP contribution in [0.4, 0.5) is 9.59 Å². The molecule has 4 amide bonds. The van der Waals surface area contributed by atoms with Gasteiger partial charge in [-0.15, -0.1) is 0 Å². The standard InChI is InChI=1S/C24H28N4O4/c1-31-16-10-6-14(7-11-16)20-18-4-3-5-19-21(15-8-12-17(32-2)13-9-15)26-23(30)28-24(18,19)27-22(29)25-20/h6-13,18-21H,3-5H2,1-2H3,(H2,25,27,29)(H2,26,28,30). The summed E-state index contributed by atoms with van der Waals surface area (Å²) in [6.07, 6.45) is 2.78. The number of hydrogen-bond acceptors (Lipinski definition) is 4. The van der Waals surface area contributed by atoms with Crippen LogP contribution < -0.4 is 30.7 Å². The number of rotatable bonds is 4. The van der Waals surface area contributed by atoms with E-state index in [1.807, 2.05) is 48.5 Å². The van der Waals surface area contributed by atoms with Gasteiger partial charge in [-0.05, 0) is 48.2 Å². The Bertz CT molecular complexity index is 926. The molecule has 32 heavy (non-hydrogen) atoms. The Morgan fingerprint density at radius 1 is 0.719 bits per heavy atom. The van der Waals surface area contributed by atoms with Gasteiger partial charge in [-0.3, -0.25) is 0 Å². The van der Waals surface area contributed by atoms with Crippen molar-refractivity contribution >= 4 is 12.1 Å². The van der Waals surface area contributed by atoms with E-state index < -0.39 is 5.66 Å². The van der Waals surface area contributed by atoms with Crippen molar-refractivity contribution in [1.29, 1.82) is 0 Å². The van der Waals surface area contributed by atoms with E-state index in [0.29, 0.717) is 0 Å². The number of carbonyl (C=O) groups is 2. The third-order valence-corrected chi connectivity index (χ3v) is 7.17. The molecule has 1 saturated carbocycles. The van der Waals surface area contributed by atoms with E-state index in [-0.39, 0.29) is 36.0 Å². The fourth-order valence-electron chi connectivity index (χ4n) is 5.73. The molecular formula is C24H28N4O4. The quantitative estimate of drug-likeness (QED) is 0.591. The van der Waals surface area contributed by atoms with Gasteiger partial charge >= 0.3 is 12.1 Å². The van der Waals surface area contributed by atoms with E-state index in [1.54, 1.807) is 14.2 Å². The Hall–Kier alpha value is -3.42. The summed E-state index contributed by atoms with van der Waals surface area (Å²) in [5, 5.41) is 12.5. The van der Waals surface area contributed by atoms with Crippen molar-refractivity contribution in [3.8, 4) is 11.5 Å². The lowest BCUT2D eigenvalue weighted by molar-refractivity contribution is -0.0123. The molecule has 1 spiro atoms. The summed E-state index contributed by atoms with van der Waals surface area (Å²) in [6, 6.07) is 14.6. The highest BCUT2D eigenvalue weighted by molar-refractivity contribution is 5.81. The van der Waals surface area contributed by atoms with E-state index in [1.165, 1.54) is 0 Å². The van der Waals surface area contributed by atoms with Gasteiger partial charge in [-0.2, -0.15) is 0 Å². The number of ether oxygens (including phenoxy) is 2. The van der Waals surface area contributed by atoms with Crippen LogP contribution in [-0.4, -0.2) is 31.9 Å². The first kappa shape index (κ1) is 20.5. The second-order valence-corrected chi connectivity index (χ2v) is 8.71. The number of urea groups is 2. The molecule has 0 bridgehead atoms. The molecule has 2 aliphatic heterocycles. The van der Waals surface area contributed by atoms with E-state index in [4.69, 9.17) is 9.47 Å². The minimum atomic E-state index is -0.835. The molecule has 3 aliphatic rings. The van der Waals surface area contributed by atoms with Crippen molar-refractivity contribution in [3.05, 3.63) is 59.7 Å². The molecule has 2 aromatic rings. The van der Waals surface area contributed by atoms with Crippen LogP contribution in [0, 0.1) is 11.8 Å². The lowest BCUT2D eigenvalue weighted by Crippen LogP contribution is -2.80. The number of carbonyl (C=O) groups excluding carboxylic acids is 2. The van der Waals surface area contributed by atoms with Crippen LogP contribution in [-0.2, 0) is 0 Å². The molecule has 4 atom stereocenters. The van der Waals surface area contributed by atoms with Crippen molar-refractivity contribution in [2.75, 3.05) is 14.2 Å². The molecule has 2 saturated heterocycles. The highest BCUT2D eigenvalue weighted by atomic mass is 16.5. The summed E-state index contributed by atoms with van der Waals surface area (Å²) in [6.45, 7) is 0. The number of benzene rings is 2. The maximum Gasteiger partial charge on any atom is 0.317 e. The van der Waals surface area contributed by atoms with E-state index in [0.717, 1.165) is 41.9 Å². The second-order valence-electron chi connectivity index (χ2n) is 8.71. The lowest BCUT2D eigenvalue weighted by atomic mass is 9.62. The Labute approximate surface area is 187 Å². The van der Waals surface area contributed by atoms with Crippen LogP contribution in [0.3, 0.4) is 0 Å². The zero-order valence-corrected chi connectivity index (χ0v) is 18.2. The average Bonchev–Trinajstić information content (AvgIpc) is 2.82. The first-order valence-electron chi connectivity index (χ1n) is 11.0. The lowest BCUT2D eigenvalue weighted by Gasteiger charge is -2.59. The average molecular weight is 437 g/mol. The van der Waals surface area contributed by atoms with Crippen LogP contribution >= 0.6 is 0 Å². The van der Waals surface area contributed by atoms with Gasteiger partial charge in [0.25, 0.3) is 0 Å². The van der Waals surface area contributed by atoms with E-state index >= 15 is 0 Å². The van der Waals surface area contributed by atoms with Crippen molar-refractivity contribution in [2.24, 2.45) is 11.8 Å². The smallest absolute Gasteiger partial charge is 0.317 e. The molecule has 8 nitrogen and oxygen atoms in total. The molecule has 2 heterocycles. The molecule has 2 aromatic carbocycles. The third-order valence-electron chi connectivity index (χ3n) is 7.17. The first-order valence-corrected chi connectivity index (χ1v) is 11.0. The van der Waals surface area contributed by atoms with E-state index in [9.17, 15) is 9.59 Å². The Morgan fingerprint density at radius 2 is 1.12 bits per heavy atom. The first-order chi connectivity index (χ1) is 15.5. The SMILES string of the molecule is COc1ccc(C2NC(=O)NC34NC(=O)NC(c5ccc(OC)cc5)C3CCCC24)cc1. The molecule has 5 rings (SSSR count). The Balaban J connectivity index is 1.54. The van der Waals surface area contributed by atoms with Gasteiger partial charge in [-0.25, -0.2) is 9.59 Å². The van der Waals surface area contributed by atoms with Gasteiger partial charge < -0.3 is 30.7 Å². The summed E-state index contributed by atoms with van der Waals surface area (Å²) in [7, 11) is 3.26. The van der Waals surface area contributed by atoms with Gasteiger partial charge in [0.2, 0.25) is 0 Å². The molecule has 0 radical (unpaired) electrons. The number of amides is 4. The fourth-order valence-corrected chi connectivity index (χ4v) is 5.73. The monoisotopic (exact) mass is 436 g/mol. The topological polar surface area (TPSA) is 101 Å². The van der Waals surface area contributed by atoms with E-state index in [2.05, 4.69) is 21.3 Å². The summed E-state index contributed by atoms with van der Waals surface area (Å²) in [5.74, 6) is 1.53. The Kier molecular flexibility index (Phi) is 5.07. The van der Waals surface area contributed by atoms with Crippen molar-refractivity contribution < 1.29 is 19.1 Å². The zero-order chi connectivity index (χ0) is 22.3. The fraction of sp³-hybridized carbons (Fsp3) is 0.417. The normalized spacial score (nSPS) is 31.1. The van der Waals surface area contributed by atoms with Crippen LogP contribution in [0.25, 0.3) is 0 Å². The summed E-state index contributed by atoms with van der Waals surface area (Å²) >= 11 is 0. The van der Waals surface area contributed by atoms with Gasteiger partial charge in [0.1, 0.15) is 17.2 Å². The largest absolute Gasteiger partial charge is 0.497 e. The van der Waals surface area contributed by atoms with Crippen molar-refractivity contribution in [3.63, 3.8) is 0 Å². The zero-order valence-electron chi connectivity index (χ0n) is 18.2. The third kappa shape index (κ3) is 3.30. The maximum atomic E-state index is 12.9. The summed E-state index contributed by atoms with van der Waals surface area (Å²) in [4.78, 5) is 25.7. The molecule has 8 heteroatoms. The predicted octanol–water partition coefficient (Wildman–Crippen LogP) is 3.22. The van der Waals surface area contributed by atoms with Crippen LogP contribution in [0.1, 0.15) is 42.5 Å². The van der Waals surface area contributed by atoms with Gasteiger partial charge in [-0.1, -0.05) is 30.7 Å².